The fraction of sp³-hybridized carbons (Fsp3) is 0.235. The van der Waals surface area contributed by atoms with Gasteiger partial charge in [-0.05, 0) is 73.5 Å². The predicted octanol–water partition coefficient (Wildman–Crippen LogP) is 5.63. The van der Waals surface area contributed by atoms with E-state index in [1.165, 1.54) is 24.1 Å². The number of methoxy groups -OCH3 is 1. The van der Waals surface area contributed by atoms with Gasteiger partial charge < -0.3 is 15.0 Å². The fourth-order valence-corrected chi connectivity index (χ4v) is 6.29. The van der Waals surface area contributed by atoms with Crippen molar-refractivity contribution in [2.45, 2.75) is 37.8 Å². The number of sulfonamides is 1. The number of hydrogen-bond acceptors (Lipinski definition) is 5. The van der Waals surface area contributed by atoms with Crippen molar-refractivity contribution in [3.8, 4) is 5.75 Å². The molecule has 0 bridgehead atoms. The summed E-state index contributed by atoms with van der Waals surface area (Å²) in [5.41, 5.74) is 2.86. The third kappa shape index (κ3) is 8.18. The first-order chi connectivity index (χ1) is 21.1. The minimum absolute atomic E-state index is 0.000452. The summed E-state index contributed by atoms with van der Waals surface area (Å²) in [6.45, 7) is 3.61. The van der Waals surface area contributed by atoms with Gasteiger partial charge in [-0.1, -0.05) is 71.8 Å². The number of benzene rings is 4. The zero-order valence-electron chi connectivity index (χ0n) is 24.9. The van der Waals surface area contributed by atoms with Gasteiger partial charge in [0, 0.05) is 24.5 Å². The molecule has 230 valence electrons. The minimum Gasteiger partial charge on any atom is -0.497 e. The molecule has 0 saturated heterocycles. The van der Waals surface area contributed by atoms with Crippen molar-refractivity contribution >= 4 is 39.1 Å². The number of ether oxygens (including phenoxy) is 1. The SMILES string of the molecule is CCNC(=O)[C@H](Cc1ccccc1)N(Cc1ccc(Cl)cc1)C(=O)CN(c1ccc(C)cc1)S(=O)(=O)c1ccc(OC)cc1. The molecule has 1 atom stereocenters. The fourth-order valence-electron chi connectivity index (χ4n) is 4.75. The maximum absolute atomic E-state index is 14.4. The van der Waals surface area contributed by atoms with Crippen LogP contribution >= 0.6 is 11.6 Å². The third-order valence-corrected chi connectivity index (χ3v) is 9.18. The molecule has 1 N–H and O–H groups in total. The van der Waals surface area contributed by atoms with Crippen LogP contribution in [0.4, 0.5) is 5.69 Å². The second-order valence-electron chi connectivity index (χ2n) is 10.3. The Labute approximate surface area is 264 Å². The molecule has 0 aliphatic heterocycles. The van der Waals surface area contributed by atoms with E-state index in [4.69, 9.17) is 16.3 Å². The quantitative estimate of drug-likeness (QED) is 0.206. The number of anilines is 1. The Bertz CT molecular complexity index is 1650. The van der Waals surface area contributed by atoms with E-state index in [0.717, 1.165) is 21.0 Å². The van der Waals surface area contributed by atoms with E-state index in [1.807, 2.05) is 44.2 Å². The predicted molar refractivity (Wildman–Crippen MR) is 173 cm³/mol. The summed E-state index contributed by atoms with van der Waals surface area (Å²) in [6, 6.07) is 28.4. The van der Waals surface area contributed by atoms with Gasteiger partial charge in [0.2, 0.25) is 11.8 Å². The van der Waals surface area contributed by atoms with Crippen LogP contribution in [-0.2, 0) is 32.6 Å². The first kappa shape index (κ1) is 32.6. The summed E-state index contributed by atoms with van der Waals surface area (Å²) < 4.78 is 34.5. The first-order valence-electron chi connectivity index (χ1n) is 14.2. The van der Waals surface area contributed by atoms with Crippen molar-refractivity contribution in [2.75, 3.05) is 24.5 Å². The number of nitrogens with zero attached hydrogens (tertiary/aromatic N) is 2. The Hall–Kier alpha value is -4.34. The summed E-state index contributed by atoms with van der Waals surface area (Å²) in [5.74, 6) is -0.370. The molecule has 0 heterocycles. The lowest BCUT2D eigenvalue weighted by atomic mass is 10.0. The summed E-state index contributed by atoms with van der Waals surface area (Å²) >= 11 is 6.12. The Morgan fingerprint density at radius 2 is 1.50 bits per heavy atom. The molecule has 4 aromatic carbocycles. The van der Waals surface area contributed by atoms with E-state index in [-0.39, 0.29) is 23.8 Å². The number of carbonyl (C=O) groups is 2. The van der Waals surface area contributed by atoms with E-state index in [2.05, 4.69) is 5.32 Å². The van der Waals surface area contributed by atoms with E-state index < -0.39 is 28.5 Å². The van der Waals surface area contributed by atoms with Crippen LogP contribution in [-0.4, -0.2) is 51.4 Å². The maximum Gasteiger partial charge on any atom is 0.264 e. The van der Waals surface area contributed by atoms with E-state index in [0.29, 0.717) is 23.0 Å². The lowest BCUT2D eigenvalue weighted by Crippen LogP contribution is -2.53. The monoisotopic (exact) mass is 633 g/mol. The molecule has 10 heteroatoms. The highest BCUT2D eigenvalue weighted by molar-refractivity contribution is 7.92. The van der Waals surface area contributed by atoms with Gasteiger partial charge in [-0.3, -0.25) is 13.9 Å². The average molecular weight is 634 g/mol. The lowest BCUT2D eigenvalue weighted by Gasteiger charge is -2.34. The van der Waals surface area contributed by atoms with Crippen LogP contribution in [0.2, 0.25) is 5.02 Å². The summed E-state index contributed by atoms with van der Waals surface area (Å²) in [5, 5.41) is 3.39. The average Bonchev–Trinajstić information content (AvgIpc) is 3.03. The van der Waals surface area contributed by atoms with Gasteiger partial charge in [0.15, 0.2) is 0 Å². The molecule has 0 aliphatic carbocycles. The Balaban J connectivity index is 1.78. The largest absolute Gasteiger partial charge is 0.497 e. The highest BCUT2D eigenvalue weighted by Gasteiger charge is 2.34. The van der Waals surface area contributed by atoms with Crippen molar-refractivity contribution in [3.05, 3.63) is 125 Å². The molecule has 44 heavy (non-hydrogen) atoms. The van der Waals surface area contributed by atoms with E-state index in [9.17, 15) is 18.0 Å². The zero-order valence-corrected chi connectivity index (χ0v) is 26.5. The van der Waals surface area contributed by atoms with Gasteiger partial charge in [0.25, 0.3) is 10.0 Å². The Morgan fingerprint density at radius 1 is 0.864 bits per heavy atom. The van der Waals surface area contributed by atoms with Crippen LogP contribution in [0.15, 0.2) is 108 Å². The van der Waals surface area contributed by atoms with Gasteiger partial charge in [0.05, 0.1) is 17.7 Å². The number of carbonyl (C=O) groups excluding carboxylic acids is 2. The number of rotatable bonds is 13. The second-order valence-corrected chi connectivity index (χ2v) is 12.6. The molecule has 0 saturated carbocycles. The number of halogens is 1. The minimum atomic E-state index is -4.20. The molecule has 0 aliphatic rings. The van der Waals surface area contributed by atoms with Gasteiger partial charge in [-0.25, -0.2) is 8.42 Å². The number of aryl methyl sites for hydroxylation is 1. The highest BCUT2D eigenvalue weighted by Crippen LogP contribution is 2.27. The normalized spacial score (nSPS) is 11.8. The molecule has 0 fully saturated rings. The topological polar surface area (TPSA) is 96.0 Å². The van der Waals surface area contributed by atoms with Crippen LogP contribution in [0, 0.1) is 6.92 Å². The molecule has 4 rings (SSSR count). The highest BCUT2D eigenvalue weighted by atomic mass is 35.5. The molecule has 8 nitrogen and oxygen atoms in total. The van der Waals surface area contributed by atoms with Crippen LogP contribution in [0.25, 0.3) is 0 Å². The van der Waals surface area contributed by atoms with Crippen molar-refractivity contribution in [1.29, 1.82) is 0 Å². The first-order valence-corrected chi connectivity index (χ1v) is 16.0. The van der Waals surface area contributed by atoms with Gasteiger partial charge in [-0.2, -0.15) is 0 Å². The lowest BCUT2D eigenvalue weighted by molar-refractivity contribution is -0.140. The number of amides is 2. The van der Waals surface area contributed by atoms with Crippen LogP contribution in [0.3, 0.4) is 0 Å². The second kappa shape index (κ2) is 14.9. The standard InChI is InChI=1S/C34H36ClN3O5S/c1-4-36-34(40)32(22-26-8-6-5-7-9-26)37(23-27-12-14-28(35)15-13-27)33(39)24-38(29-16-10-25(2)11-17-29)44(41,42)31-20-18-30(43-3)19-21-31/h5-21,32H,4,22-24H2,1-3H3,(H,36,40)/t32-/m0/s1. The van der Waals surface area contributed by atoms with Gasteiger partial charge in [0.1, 0.15) is 18.3 Å². The number of likely N-dealkylation sites (N-methyl/N-ethyl adjacent to an activating group) is 1. The maximum atomic E-state index is 14.4. The number of hydrogen-bond donors (Lipinski definition) is 1. The molecular weight excluding hydrogens is 598 g/mol. The van der Waals surface area contributed by atoms with Crippen LogP contribution in [0.1, 0.15) is 23.6 Å². The van der Waals surface area contributed by atoms with Crippen molar-refractivity contribution in [2.24, 2.45) is 0 Å². The molecule has 0 unspecified atom stereocenters. The molecule has 0 aromatic heterocycles. The summed E-state index contributed by atoms with van der Waals surface area (Å²) in [4.78, 5) is 29.4. The molecular formula is C34H36ClN3O5S. The third-order valence-electron chi connectivity index (χ3n) is 7.14. The summed E-state index contributed by atoms with van der Waals surface area (Å²) in [6.07, 6.45) is 0.238. The summed E-state index contributed by atoms with van der Waals surface area (Å²) in [7, 11) is -2.71. The van der Waals surface area contributed by atoms with Crippen LogP contribution in [0.5, 0.6) is 5.75 Å². The van der Waals surface area contributed by atoms with E-state index >= 15 is 0 Å². The van der Waals surface area contributed by atoms with Gasteiger partial charge in [-0.15, -0.1) is 0 Å². The molecule has 0 radical (unpaired) electrons. The smallest absolute Gasteiger partial charge is 0.264 e. The molecule has 2 amide bonds. The molecule has 4 aromatic rings. The van der Waals surface area contributed by atoms with E-state index in [1.54, 1.807) is 60.7 Å². The van der Waals surface area contributed by atoms with Crippen molar-refractivity contribution in [3.63, 3.8) is 0 Å². The van der Waals surface area contributed by atoms with Gasteiger partial charge >= 0.3 is 0 Å². The number of nitrogens with one attached hydrogen (secondary N) is 1. The van der Waals surface area contributed by atoms with Crippen molar-refractivity contribution < 1.29 is 22.7 Å². The van der Waals surface area contributed by atoms with Crippen LogP contribution < -0.4 is 14.4 Å². The Kier molecular flexibility index (Phi) is 11.0. The van der Waals surface area contributed by atoms with Crippen molar-refractivity contribution in [1.82, 2.24) is 10.2 Å². The zero-order chi connectivity index (χ0) is 31.7. The Morgan fingerprint density at radius 3 is 2.09 bits per heavy atom. The molecule has 0 spiro atoms.